The van der Waals surface area contributed by atoms with E-state index in [2.05, 4.69) is 19.9 Å². The molecule has 36 heavy (non-hydrogen) atoms. The lowest BCUT2D eigenvalue weighted by Crippen LogP contribution is -2.48. The predicted octanol–water partition coefficient (Wildman–Crippen LogP) is 3.92. The van der Waals surface area contributed by atoms with Crippen LogP contribution in [0.4, 0.5) is 5.13 Å². The van der Waals surface area contributed by atoms with Gasteiger partial charge in [0.25, 0.3) is 5.91 Å². The van der Waals surface area contributed by atoms with Gasteiger partial charge in [0.15, 0.2) is 5.13 Å². The van der Waals surface area contributed by atoms with Crippen molar-refractivity contribution in [1.29, 1.82) is 0 Å². The van der Waals surface area contributed by atoms with Crippen LogP contribution in [0.15, 0.2) is 41.3 Å². The van der Waals surface area contributed by atoms with Crippen LogP contribution >= 0.6 is 11.3 Å². The second kappa shape index (κ2) is 10.5. The van der Waals surface area contributed by atoms with Gasteiger partial charge in [0.2, 0.25) is 10.0 Å². The summed E-state index contributed by atoms with van der Waals surface area (Å²) < 4.78 is 34.6. The second-order valence-electron chi connectivity index (χ2n) is 9.76. The van der Waals surface area contributed by atoms with Crippen LogP contribution in [0, 0.1) is 13.8 Å². The highest BCUT2D eigenvalue weighted by atomic mass is 32.2. The molecule has 1 aromatic heterocycles. The average Bonchev–Trinajstić information content (AvgIpc) is 3.20. The summed E-state index contributed by atoms with van der Waals surface area (Å²) in [7, 11) is 0.240. The minimum absolute atomic E-state index is 0.170. The average molecular weight is 531 g/mol. The number of carbonyl (C=O) groups excluding carboxylic acids is 1. The van der Waals surface area contributed by atoms with Gasteiger partial charge in [-0.25, -0.2) is 13.4 Å². The Morgan fingerprint density at radius 2 is 1.67 bits per heavy atom. The molecular weight excluding hydrogens is 496 g/mol. The number of amides is 1. The molecule has 0 aliphatic carbocycles. The molecular formula is C26H34N4O4S2. The molecule has 3 aromatic rings. The van der Waals surface area contributed by atoms with E-state index in [0.717, 1.165) is 15.8 Å². The summed E-state index contributed by atoms with van der Waals surface area (Å²) in [6.45, 7) is 9.60. The zero-order valence-corrected chi connectivity index (χ0v) is 23.3. The number of hydrogen-bond acceptors (Lipinski definition) is 7. The summed E-state index contributed by atoms with van der Waals surface area (Å²) >= 11 is 1.49. The lowest BCUT2D eigenvalue weighted by atomic mass is 10.1. The molecule has 194 valence electrons. The fourth-order valence-electron chi connectivity index (χ4n) is 4.27. The Morgan fingerprint density at radius 1 is 1.06 bits per heavy atom. The molecule has 2 atom stereocenters. The van der Waals surface area contributed by atoms with E-state index in [1.807, 2.05) is 38.9 Å². The number of sulfonamides is 1. The topological polar surface area (TPSA) is 83.1 Å². The summed E-state index contributed by atoms with van der Waals surface area (Å²) in [5.41, 5.74) is 3.63. The zero-order chi connectivity index (χ0) is 26.2. The van der Waals surface area contributed by atoms with Gasteiger partial charge in [0.05, 0.1) is 27.3 Å². The molecule has 10 heteroatoms. The Hall–Kier alpha value is -2.37. The molecule has 0 saturated carbocycles. The SMILES string of the molecule is Cc1cc2nc(N(CCN(C)C)C(=O)c3ccc(S(=O)(=O)N4CC(C)OC(C)C4)cc3)sc2cc1C. The van der Waals surface area contributed by atoms with Crippen molar-refractivity contribution in [3.05, 3.63) is 53.1 Å². The number of benzene rings is 2. The molecule has 0 radical (unpaired) electrons. The van der Waals surface area contributed by atoms with Gasteiger partial charge in [-0.05, 0) is 89.3 Å². The van der Waals surface area contributed by atoms with Gasteiger partial charge >= 0.3 is 0 Å². The van der Waals surface area contributed by atoms with E-state index in [-0.39, 0.29) is 23.0 Å². The van der Waals surface area contributed by atoms with Gasteiger partial charge in [-0.3, -0.25) is 9.69 Å². The van der Waals surface area contributed by atoms with Crippen LogP contribution in [0.5, 0.6) is 0 Å². The third-order valence-electron chi connectivity index (χ3n) is 6.36. The maximum absolute atomic E-state index is 13.6. The number of ether oxygens (including phenoxy) is 1. The van der Waals surface area contributed by atoms with E-state index in [1.165, 1.54) is 33.3 Å². The van der Waals surface area contributed by atoms with Crippen LogP contribution in [0.2, 0.25) is 0 Å². The predicted molar refractivity (Wildman–Crippen MR) is 145 cm³/mol. The molecule has 1 fully saturated rings. The number of likely N-dealkylation sites (N-methyl/N-ethyl adjacent to an activating group) is 1. The van der Waals surface area contributed by atoms with Gasteiger partial charge in [-0.2, -0.15) is 4.31 Å². The minimum Gasteiger partial charge on any atom is -0.373 e. The van der Waals surface area contributed by atoms with Gasteiger partial charge in [0, 0.05) is 31.7 Å². The third kappa shape index (κ3) is 5.63. The number of thiazole rings is 1. The lowest BCUT2D eigenvalue weighted by molar-refractivity contribution is -0.0440. The van der Waals surface area contributed by atoms with Crippen LogP contribution in [-0.2, 0) is 14.8 Å². The van der Waals surface area contributed by atoms with Crippen molar-refractivity contribution in [3.8, 4) is 0 Å². The third-order valence-corrected chi connectivity index (χ3v) is 9.25. The normalized spacial score (nSPS) is 19.2. The number of hydrogen-bond donors (Lipinski definition) is 0. The highest BCUT2D eigenvalue weighted by molar-refractivity contribution is 7.89. The minimum atomic E-state index is -3.68. The Labute approximate surface area is 217 Å². The van der Waals surface area contributed by atoms with Crippen molar-refractivity contribution in [2.75, 3.05) is 45.2 Å². The van der Waals surface area contributed by atoms with Crippen LogP contribution in [-0.4, -0.2) is 81.0 Å². The van der Waals surface area contributed by atoms with Crippen LogP contribution in [0.1, 0.15) is 35.3 Å². The molecule has 4 rings (SSSR count). The van der Waals surface area contributed by atoms with E-state index in [1.54, 1.807) is 17.0 Å². The molecule has 1 amide bonds. The number of carbonyl (C=O) groups is 1. The number of aryl methyl sites for hydroxylation is 2. The number of aromatic nitrogens is 1. The van der Waals surface area contributed by atoms with Crippen LogP contribution in [0.25, 0.3) is 10.2 Å². The number of nitrogens with zero attached hydrogens (tertiary/aromatic N) is 4. The van der Waals surface area contributed by atoms with Crippen molar-refractivity contribution in [1.82, 2.24) is 14.2 Å². The number of morpholine rings is 1. The molecule has 0 N–H and O–H groups in total. The highest BCUT2D eigenvalue weighted by Gasteiger charge is 2.32. The van der Waals surface area contributed by atoms with Gasteiger partial charge in [0.1, 0.15) is 0 Å². The van der Waals surface area contributed by atoms with Crippen LogP contribution < -0.4 is 4.90 Å². The Bertz CT molecular complexity index is 1300. The number of anilines is 1. The number of rotatable bonds is 7. The molecule has 8 nitrogen and oxygen atoms in total. The maximum Gasteiger partial charge on any atom is 0.260 e. The van der Waals surface area contributed by atoms with E-state index < -0.39 is 10.0 Å². The Morgan fingerprint density at radius 3 is 2.28 bits per heavy atom. The largest absolute Gasteiger partial charge is 0.373 e. The van der Waals surface area contributed by atoms with Gasteiger partial charge < -0.3 is 9.64 Å². The molecule has 2 heterocycles. The summed E-state index contributed by atoms with van der Waals surface area (Å²) in [5.74, 6) is -0.207. The summed E-state index contributed by atoms with van der Waals surface area (Å²) in [6.07, 6.45) is -0.341. The Kier molecular flexibility index (Phi) is 7.82. The molecule has 2 aromatic carbocycles. The summed E-state index contributed by atoms with van der Waals surface area (Å²) in [4.78, 5) is 22.3. The van der Waals surface area contributed by atoms with Crippen molar-refractivity contribution >= 4 is 42.6 Å². The molecule has 0 spiro atoms. The monoisotopic (exact) mass is 530 g/mol. The first-order valence-electron chi connectivity index (χ1n) is 12.1. The molecule has 1 aliphatic rings. The van der Waals surface area contributed by atoms with Crippen molar-refractivity contribution < 1.29 is 17.9 Å². The zero-order valence-electron chi connectivity index (χ0n) is 21.7. The smallest absolute Gasteiger partial charge is 0.260 e. The first-order chi connectivity index (χ1) is 17.0. The van der Waals surface area contributed by atoms with Crippen molar-refractivity contribution in [3.63, 3.8) is 0 Å². The fourth-order valence-corrected chi connectivity index (χ4v) is 6.93. The first-order valence-corrected chi connectivity index (χ1v) is 14.3. The molecule has 1 saturated heterocycles. The van der Waals surface area contributed by atoms with Crippen molar-refractivity contribution in [2.45, 2.75) is 44.8 Å². The van der Waals surface area contributed by atoms with E-state index in [0.29, 0.717) is 36.9 Å². The highest BCUT2D eigenvalue weighted by Crippen LogP contribution is 2.32. The fraction of sp³-hybridized carbons (Fsp3) is 0.462. The summed E-state index contributed by atoms with van der Waals surface area (Å²) in [5, 5.41) is 0.634. The van der Waals surface area contributed by atoms with Gasteiger partial charge in [-0.1, -0.05) is 11.3 Å². The summed E-state index contributed by atoms with van der Waals surface area (Å²) in [6, 6.07) is 10.4. The molecule has 1 aliphatic heterocycles. The molecule has 2 unspecified atom stereocenters. The Balaban J connectivity index is 1.62. The van der Waals surface area contributed by atoms with E-state index in [4.69, 9.17) is 9.72 Å². The molecule has 0 bridgehead atoms. The van der Waals surface area contributed by atoms with Crippen molar-refractivity contribution in [2.24, 2.45) is 0 Å². The number of fused-ring (bicyclic) bond motifs is 1. The first kappa shape index (κ1) is 26.7. The standard InChI is InChI=1S/C26H34N4O4S2/c1-17-13-23-24(14-18(17)2)35-26(27-23)30(12-11-28(5)6)25(31)21-7-9-22(10-8-21)36(32,33)29-15-19(3)34-20(4)16-29/h7-10,13-14,19-20H,11-12,15-16H2,1-6H3. The second-order valence-corrected chi connectivity index (χ2v) is 12.7. The van der Waals surface area contributed by atoms with Gasteiger partial charge in [-0.15, -0.1) is 0 Å². The van der Waals surface area contributed by atoms with Crippen LogP contribution in [0.3, 0.4) is 0 Å². The quantitative estimate of drug-likeness (QED) is 0.461. The maximum atomic E-state index is 13.6. The van der Waals surface area contributed by atoms with E-state index >= 15 is 0 Å². The van der Waals surface area contributed by atoms with E-state index in [9.17, 15) is 13.2 Å². The lowest BCUT2D eigenvalue weighted by Gasteiger charge is -2.34.